The number of thiol groups is 1. The minimum absolute atomic E-state index is 0.611. The lowest BCUT2D eigenvalue weighted by molar-refractivity contribution is 0.397. The first-order chi connectivity index (χ1) is 13.1. The average molecular weight is 385 g/mol. The number of rotatable bonds is 7. The minimum Gasteiger partial charge on any atom is -0.372 e. The zero-order valence-corrected chi connectivity index (χ0v) is 18.1. The molecule has 2 nitrogen and oxygen atoms in total. The van der Waals surface area contributed by atoms with Gasteiger partial charge in [0.25, 0.3) is 0 Å². The summed E-state index contributed by atoms with van der Waals surface area (Å²) in [5.41, 5.74) is 2.42. The Hall–Kier alpha value is -1.45. The first-order valence-electron chi connectivity index (χ1n) is 10.4. The van der Waals surface area contributed by atoms with Gasteiger partial charge in [0.1, 0.15) is 0 Å². The van der Waals surface area contributed by atoms with Crippen molar-refractivity contribution in [3.05, 3.63) is 54.6 Å². The Morgan fingerprint density at radius 3 is 2.30 bits per heavy atom. The van der Waals surface area contributed by atoms with Gasteiger partial charge in [-0.2, -0.15) is 12.6 Å². The molecule has 1 aliphatic rings. The van der Waals surface area contributed by atoms with E-state index < -0.39 is 0 Å². The maximum atomic E-state index is 4.34. The van der Waals surface area contributed by atoms with Gasteiger partial charge in [-0.3, -0.25) is 0 Å². The van der Waals surface area contributed by atoms with Gasteiger partial charge in [-0.05, 0) is 36.5 Å². The van der Waals surface area contributed by atoms with Crippen molar-refractivity contribution in [1.82, 2.24) is 10.2 Å². The number of fused-ring (bicyclic) bond motifs is 1. The summed E-state index contributed by atoms with van der Waals surface area (Å²) >= 11 is 4.34. The van der Waals surface area contributed by atoms with Crippen LogP contribution in [0.25, 0.3) is 16.5 Å². The maximum absolute atomic E-state index is 4.34. The smallest absolute Gasteiger partial charge is 0.0373 e. The van der Waals surface area contributed by atoms with Crippen LogP contribution in [0, 0.1) is 0 Å². The third kappa shape index (κ3) is 6.29. The van der Waals surface area contributed by atoms with Gasteiger partial charge in [-0.15, -0.1) is 0 Å². The van der Waals surface area contributed by atoms with Crippen molar-refractivity contribution in [2.45, 2.75) is 57.7 Å². The molecule has 2 atom stereocenters. The molecule has 0 bridgehead atoms. The summed E-state index contributed by atoms with van der Waals surface area (Å²) in [6.07, 6.45) is 4.81. The van der Waals surface area contributed by atoms with Crippen LogP contribution in [-0.4, -0.2) is 35.8 Å². The lowest BCUT2D eigenvalue weighted by atomic mass is 10.0. The van der Waals surface area contributed by atoms with Crippen molar-refractivity contribution in [3.8, 4) is 0 Å². The summed E-state index contributed by atoms with van der Waals surface area (Å²) in [6, 6.07) is 15.8. The van der Waals surface area contributed by atoms with E-state index in [2.05, 4.69) is 92.7 Å². The van der Waals surface area contributed by atoms with Crippen LogP contribution in [-0.2, 0) is 0 Å². The van der Waals surface area contributed by atoms with Crippen LogP contribution < -0.4 is 5.32 Å². The maximum Gasteiger partial charge on any atom is 0.0373 e. The van der Waals surface area contributed by atoms with Crippen molar-refractivity contribution < 1.29 is 0 Å². The fourth-order valence-electron chi connectivity index (χ4n) is 3.68. The molecule has 1 heterocycles. The quantitative estimate of drug-likeness (QED) is 0.570. The number of nitrogens with zero attached hydrogens (tertiary/aromatic N) is 1. The Bertz CT molecular complexity index is 701. The van der Waals surface area contributed by atoms with Crippen LogP contribution in [0.3, 0.4) is 0 Å². The molecule has 2 aromatic carbocycles. The molecule has 3 heteroatoms. The van der Waals surface area contributed by atoms with E-state index in [-0.39, 0.29) is 0 Å². The SMILES string of the molecule is C=C(c1cccc2ccccc12)N(CCC)CCC.CCC1CC(S)CN1. The molecule has 1 saturated heterocycles. The fraction of sp³-hybridized carbons (Fsp3) is 0.500. The highest BCUT2D eigenvalue weighted by atomic mass is 32.1. The van der Waals surface area contributed by atoms with E-state index in [1.165, 1.54) is 29.2 Å². The zero-order chi connectivity index (χ0) is 19.6. The normalized spacial score (nSPS) is 18.8. The summed E-state index contributed by atoms with van der Waals surface area (Å²) in [6.45, 7) is 14.3. The van der Waals surface area contributed by atoms with Crippen LogP contribution in [0.4, 0.5) is 0 Å². The lowest BCUT2D eigenvalue weighted by Gasteiger charge is -2.26. The molecule has 1 aliphatic heterocycles. The molecular weight excluding hydrogens is 348 g/mol. The van der Waals surface area contributed by atoms with Crippen LogP contribution in [0.1, 0.15) is 52.0 Å². The molecule has 148 valence electrons. The van der Waals surface area contributed by atoms with E-state index in [0.29, 0.717) is 5.25 Å². The van der Waals surface area contributed by atoms with Gasteiger partial charge in [-0.25, -0.2) is 0 Å². The predicted molar refractivity (Wildman–Crippen MR) is 125 cm³/mol. The summed E-state index contributed by atoms with van der Waals surface area (Å²) in [7, 11) is 0. The van der Waals surface area contributed by atoms with E-state index in [1.807, 2.05) is 0 Å². The summed E-state index contributed by atoms with van der Waals surface area (Å²) in [5, 5.41) is 6.58. The lowest BCUT2D eigenvalue weighted by Crippen LogP contribution is -2.23. The second kappa shape index (κ2) is 11.4. The van der Waals surface area contributed by atoms with E-state index >= 15 is 0 Å². The molecule has 0 saturated carbocycles. The van der Waals surface area contributed by atoms with Gasteiger partial charge < -0.3 is 10.2 Å². The van der Waals surface area contributed by atoms with Crippen LogP contribution >= 0.6 is 12.6 Å². The molecule has 2 aromatic rings. The van der Waals surface area contributed by atoms with Gasteiger partial charge in [-0.1, -0.05) is 69.8 Å². The zero-order valence-electron chi connectivity index (χ0n) is 17.2. The van der Waals surface area contributed by atoms with Crippen molar-refractivity contribution in [1.29, 1.82) is 0 Å². The Kier molecular flexibility index (Phi) is 9.23. The fourth-order valence-corrected chi connectivity index (χ4v) is 4.04. The number of hydrogen-bond donors (Lipinski definition) is 2. The van der Waals surface area contributed by atoms with Gasteiger partial charge in [0.15, 0.2) is 0 Å². The van der Waals surface area contributed by atoms with Crippen LogP contribution in [0.2, 0.25) is 0 Å². The Labute approximate surface area is 171 Å². The second-order valence-electron chi connectivity index (χ2n) is 7.36. The van der Waals surface area contributed by atoms with Crippen molar-refractivity contribution in [2.75, 3.05) is 19.6 Å². The molecule has 0 aliphatic carbocycles. The molecule has 0 radical (unpaired) electrons. The third-order valence-electron chi connectivity index (χ3n) is 5.16. The molecule has 27 heavy (non-hydrogen) atoms. The van der Waals surface area contributed by atoms with Gasteiger partial charge in [0, 0.05) is 42.2 Å². The van der Waals surface area contributed by atoms with Crippen LogP contribution in [0.5, 0.6) is 0 Å². The first kappa shape index (κ1) is 21.8. The molecule has 1 fully saturated rings. The molecule has 0 aromatic heterocycles. The number of benzene rings is 2. The van der Waals surface area contributed by atoms with E-state index in [4.69, 9.17) is 0 Å². The van der Waals surface area contributed by atoms with Crippen LogP contribution in [0.15, 0.2) is 49.0 Å². The third-order valence-corrected chi connectivity index (χ3v) is 5.55. The first-order valence-corrected chi connectivity index (χ1v) is 11.0. The van der Waals surface area contributed by atoms with Crippen molar-refractivity contribution >= 4 is 29.1 Å². The van der Waals surface area contributed by atoms with Crippen molar-refractivity contribution in [3.63, 3.8) is 0 Å². The highest BCUT2D eigenvalue weighted by Crippen LogP contribution is 2.26. The molecular formula is C24H36N2S. The van der Waals surface area contributed by atoms with Gasteiger partial charge >= 0.3 is 0 Å². The van der Waals surface area contributed by atoms with Gasteiger partial charge in [0.2, 0.25) is 0 Å². The molecule has 3 rings (SSSR count). The van der Waals surface area contributed by atoms with Gasteiger partial charge in [0.05, 0.1) is 0 Å². The summed E-state index contributed by atoms with van der Waals surface area (Å²) in [5.74, 6) is 0. The monoisotopic (exact) mass is 384 g/mol. The van der Waals surface area contributed by atoms with E-state index in [0.717, 1.165) is 44.2 Å². The summed E-state index contributed by atoms with van der Waals surface area (Å²) < 4.78 is 0. The molecule has 0 amide bonds. The largest absolute Gasteiger partial charge is 0.372 e. The van der Waals surface area contributed by atoms with E-state index in [9.17, 15) is 0 Å². The Morgan fingerprint density at radius 2 is 1.74 bits per heavy atom. The minimum atomic E-state index is 0.611. The Balaban J connectivity index is 0.000000273. The highest BCUT2D eigenvalue weighted by molar-refractivity contribution is 7.81. The number of hydrogen-bond acceptors (Lipinski definition) is 3. The summed E-state index contributed by atoms with van der Waals surface area (Å²) in [4.78, 5) is 2.40. The highest BCUT2D eigenvalue weighted by Gasteiger charge is 2.18. The Morgan fingerprint density at radius 1 is 1.07 bits per heavy atom. The number of nitrogens with one attached hydrogen (secondary N) is 1. The topological polar surface area (TPSA) is 15.3 Å². The molecule has 0 spiro atoms. The van der Waals surface area contributed by atoms with Crippen molar-refractivity contribution in [2.24, 2.45) is 0 Å². The predicted octanol–water partition coefficient (Wildman–Crippen LogP) is 5.99. The standard InChI is InChI=1S/C18H23N.C6H13NS/c1-4-13-19(14-5-2)15(3)17-12-8-10-16-9-6-7-11-18(16)17;1-2-5-3-6(8)4-7-5/h6-12H,3-5,13-14H2,1-2H3;5-8H,2-4H2,1H3. The molecule has 1 N–H and O–H groups in total. The van der Waals surface area contributed by atoms with E-state index in [1.54, 1.807) is 0 Å². The molecule has 2 unspecified atom stereocenters. The average Bonchev–Trinajstić information content (AvgIpc) is 3.13. The second-order valence-corrected chi connectivity index (χ2v) is 8.09.